The smallest absolute Gasteiger partial charge is 0.255 e. The van der Waals surface area contributed by atoms with Crippen LogP contribution in [0, 0.1) is 6.92 Å². The van der Waals surface area contributed by atoms with E-state index in [4.69, 9.17) is 4.74 Å². The Morgan fingerprint density at radius 1 is 1.22 bits per heavy atom. The number of carbonyl (C=O) groups excluding carboxylic acids is 1. The lowest BCUT2D eigenvalue weighted by Crippen LogP contribution is -2.40. The normalized spacial score (nSPS) is 20.6. The van der Waals surface area contributed by atoms with Crippen molar-refractivity contribution in [1.82, 2.24) is 19.9 Å². The van der Waals surface area contributed by atoms with Crippen molar-refractivity contribution in [1.29, 1.82) is 0 Å². The zero-order valence-electron chi connectivity index (χ0n) is 15.7. The van der Waals surface area contributed by atoms with Gasteiger partial charge in [-0.1, -0.05) is 0 Å². The van der Waals surface area contributed by atoms with Crippen LogP contribution in [0.3, 0.4) is 0 Å². The Hall–Kier alpha value is -2.54. The highest BCUT2D eigenvalue weighted by atomic mass is 16.5. The standard InChI is InChI=1S/C20H25N5O2/c1-15-4-5-21-12-17(15)20(26)25-6-2-3-16(13-25)18-11-19(23-14-22-18)24-7-9-27-10-8-24/h4-5,11-12,14,16H,2-3,6-10,13H2,1H3. The topological polar surface area (TPSA) is 71.5 Å². The molecule has 0 bridgehead atoms. The number of nitrogens with zero attached hydrogens (tertiary/aromatic N) is 5. The molecule has 2 aliphatic rings. The number of likely N-dealkylation sites (tertiary alicyclic amines) is 1. The molecule has 4 heterocycles. The monoisotopic (exact) mass is 367 g/mol. The molecule has 142 valence electrons. The maximum atomic E-state index is 12.9. The number of morpholine rings is 1. The van der Waals surface area contributed by atoms with Crippen LogP contribution in [0.15, 0.2) is 30.9 Å². The second kappa shape index (κ2) is 8.00. The predicted molar refractivity (Wildman–Crippen MR) is 102 cm³/mol. The second-order valence-corrected chi connectivity index (χ2v) is 7.18. The van der Waals surface area contributed by atoms with Crippen LogP contribution in [0.4, 0.5) is 5.82 Å². The predicted octanol–water partition coefficient (Wildman–Crippen LogP) is 2.04. The molecular weight excluding hydrogens is 342 g/mol. The summed E-state index contributed by atoms with van der Waals surface area (Å²) in [6.07, 6.45) is 7.05. The number of carbonyl (C=O) groups is 1. The van der Waals surface area contributed by atoms with E-state index in [-0.39, 0.29) is 11.8 Å². The van der Waals surface area contributed by atoms with E-state index < -0.39 is 0 Å². The molecule has 2 aromatic heterocycles. The van der Waals surface area contributed by atoms with Crippen LogP contribution in [0.25, 0.3) is 0 Å². The van der Waals surface area contributed by atoms with Crippen LogP contribution in [-0.2, 0) is 4.74 Å². The van der Waals surface area contributed by atoms with Crippen LogP contribution in [0.1, 0.15) is 40.4 Å². The molecule has 0 spiro atoms. The van der Waals surface area contributed by atoms with E-state index >= 15 is 0 Å². The molecule has 0 aliphatic carbocycles. The summed E-state index contributed by atoms with van der Waals surface area (Å²) in [5, 5.41) is 0. The number of anilines is 1. The zero-order valence-corrected chi connectivity index (χ0v) is 15.7. The van der Waals surface area contributed by atoms with Gasteiger partial charge in [-0.3, -0.25) is 9.78 Å². The number of hydrogen-bond acceptors (Lipinski definition) is 6. The summed E-state index contributed by atoms with van der Waals surface area (Å²) in [6.45, 7) is 6.59. The van der Waals surface area contributed by atoms with Crippen molar-refractivity contribution in [2.75, 3.05) is 44.3 Å². The van der Waals surface area contributed by atoms with Gasteiger partial charge in [0.25, 0.3) is 5.91 Å². The van der Waals surface area contributed by atoms with Gasteiger partial charge < -0.3 is 14.5 Å². The fourth-order valence-electron chi connectivity index (χ4n) is 3.81. The molecule has 1 atom stereocenters. The average Bonchev–Trinajstić information content (AvgIpc) is 2.74. The van der Waals surface area contributed by atoms with Crippen molar-refractivity contribution in [3.05, 3.63) is 47.7 Å². The Balaban J connectivity index is 1.50. The second-order valence-electron chi connectivity index (χ2n) is 7.18. The summed E-state index contributed by atoms with van der Waals surface area (Å²) in [4.78, 5) is 30.2. The number of pyridine rings is 1. The van der Waals surface area contributed by atoms with Gasteiger partial charge in [0.1, 0.15) is 12.1 Å². The molecule has 4 rings (SSSR count). The number of aromatic nitrogens is 3. The third-order valence-electron chi connectivity index (χ3n) is 5.41. The van der Waals surface area contributed by atoms with Gasteiger partial charge in [0.15, 0.2) is 0 Å². The number of ether oxygens (including phenoxy) is 1. The summed E-state index contributed by atoms with van der Waals surface area (Å²) in [5.41, 5.74) is 2.68. The van der Waals surface area contributed by atoms with Crippen molar-refractivity contribution >= 4 is 11.7 Å². The highest BCUT2D eigenvalue weighted by Crippen LogP contribution is 2.28. The lowest BCUT2D eigenvalue weighted by Gasteiger charge is -2.33. The first-order chi connectivity index (χ1) is 13.2. The van der Waals surface area contributed by atoms with Gasteiger partial charge in [0.05, 0.1) is 24.5 Å². The van der Waals surface area contributed by atoms with E-state index in [2.05, 4.69) is 25.9 Å². The number of piperidine rings is 1. The van der Waals surface area contributed by atoms with Crippen molar-refractivity contribution in [2.45, 2.75) is 25.7 Å². The van der Waals surface area contributed by atoms with E-state index in [1.807, 2.05) is 17.9 Å². The highest BCUT2D eigenvalue weighted by molar-refractivity contribution is 5.95. The van der Waals surface area contributed by atoms with Crippen molar-refractivity contribution in [3.8, 4) is 0 Å². The molecule has 7 heteroatoms. The minimum atomic E-state index is 0.0627. The molecule has 0 N–H and O–H groups in total. The fourth-order valence-corrected chi connectivity index (χ4v) is 3.81. The molecule has 2 fully saturated rings. The number of rotatable bonds is 3. The van der Waals surface area contributed by atoms with E-state index in [9.17, 15) is 4.79 Å². The summed E-state index contributed by atoms with van der Waals surface area (Å²) < 4.78 is 5.43. The van der Waals surface area contributed by atoms with Crippen molar-refractivity contribution in [3.63, 3.8) is 0 Å². The lowest BCUT2D eigenvalue weighted by atomic mass is 9.93. The van der Waals surface area contributed by atoms with Gasteiger partial charge in [0, 0.05) is 50.6 Å². The van der Waals surface area contributed by atoms with Gasteiger partial charge in [0.2, 0.25) is 0 Å². The van der Waals surface area contributed by atoms with Gasteiger partial charge >= 0.3 is 0 Å². The molecule has 2 aromatic rings. The Bertz CT molecular complexity index is 806. The molecule has 7 nitrogen and oxygen atoms in total. The third kappa shape index (κ3) is 3.93. The van der Waals surface area contributed by atoms with Crippen LogP contribution in [-0.4, -0.2) is 65.2 Å². The van der Waals surface area contributed by atoms with E-state index in [0.29, 0.717) is 12.1 Å². The fraction of sp³-hybridized carbons (Fsp3) is 0.500. The van der Waals surface area contributed by atoms with E-state index in [0.717, 1.165) is 62.8 Å². The van der Waals surface area contributed by atoms with Crippen LogP contribution in [0.2, 0.25) is 0 Å². The van der Waals surface area contributed by atoms with Crippen LogP contribution in [0.5, 0.6) is 0 Å². The van der Waals surface area contributed by atoms with Gasteiger partial charge in [-0.15, -0.1) is 0 Å². The average molecular weight is 367 g/mol. The van der Waals surface area contributed by atoms with E-state index in [1.165, 1.54) is 0 Å². The lowest BCUT2D eigenvalue weighted by molar-refractivity contribution is 0.0704. The number of hydrogen-bond donors (Lipinski definition) is 0. The Morgan fingerprint density at radius 2 is 2.07 bits per heavy atom. The zero-order chi connectivity index (χ0) is 18.6. The number of aryl methyl sites for hydroxylation is 1. The Morgan fingerprint density at radius 3 is 2.89 bits per heavy atom. The molecule has 2 aliphatic heterocycles. The summed E-state index contributed by atoms with van der Waals surface area (Å²) in [6, 6.07) is 3.97. The maximum absolute atomic E-state index is 12.9. The highest BCUT2D eigenvalue weighted by Gasteiger charge is 2.27. The first kappa shape index (κ1) is 17.9. The maximum Gasteiger partial charge on any atom is 0.255 e. The Labute approximate surface area is 159 Å². The van der Waals surface area contributed by atoms with Gasteiger partial charge in [-0.25, -0.2) is 9.97 Å². The summed E-state index contributed by atoms with van der Waals surface area (Å²) in [7, 11) is 0. The molecule has 1 amide bonds. The van der Waals surface area contributed by atoms with E-state index in [1.54, 1.807) is 18.7 Å². The molecule has 27 heavy (non-hydrogen) atoms. The molecule has 1 unspecified atom stereocenters. The molecule has 0 radical (unpaired) electrons. The molecule has 0 aromatic carbocycles. The summed E-state index contributed by atoms with van der Waals surface area (Å²) in [5.74, 6) is 1.25. The third-order valence-corrected chi connectivity index (χ3v) is 5.41. The first-order valence-electron chi connectivity index (χ1n) is 9.57. The Kier molecular flexibility index (Phi) is 5.29. The summed E-state index contributed by atoms with van der Waals surface area (Å²) >= 11 is 0. The van der Waals surface area contributed by atoms with Crippen molar-refractivity contribution < 1.29 is 9.53 Å². The minimum absolute atomic E-state index is 0.0627. The van der Waals surface area contributed by atoms with Gasteiger partial charge in [-0.2, -0.15) is 0 Å². The minimum Gasteiger partial charge on any atom is -0.378 e. The van der Waals surface area contributed by atoms with Crippen molar-refractivity contribution in [2.24, 2.45) is 0 Å². The van der Waals surface area contributed by atoms with Crippen LogP contribution >= 0.6 is 0 Å². The SMILES string of the molecule is Cc1ccncc1C(=O)N1CCCC(c2cc(N3CCOCC3)ncn2)C1. The van der Waals surface area contributed by atoms with Gasteiger partial charge in [-0.05, 0) is 31.4 Å². The largest absolute Gasteiger partial charge is 0.378 e. The number of amides is 1. The van der Waals surface area contributed by atoms with Crippen LogP contribution < -0.4 is 4.90 Å². The molecule has 0 saturated carbocycles. The molecule has 2 saturated heterocycles. The quantitative estimate of drug-likeness (QED) is 0.827. The first-order valence-corrected chi connectivity index (χ1v) is 9.57. The molecular formula is C20H25N5O2.